The molecule has 0 atom stereocenters. The number of ether oxygens (including phenoxy) is 1. The summed E-state index contributed by atoms with van der Waals surface area (Å²) in [5.74, 6) is -4.05. The monoisotopic (exact) mass is 570 g/mol. The summed E-state index contributed by atoms with van der Waals surface area (Å²) in [5.41, 5.74) is 1.05. The van der Waals surface area contributed by atoms with Gasteiger partial charge in [-0.1, -0.05) is 30.0 Å². The lowest BCUT2D eigenvalue weighted by Crippen LogP contribution is -2.31. The second kappa shape index (κ2) is 11.6. The van der Waals surface area contributed by atoms with E-state index in [9.17, 15) is 28.3 Å². The average molecular weight is 571 g/mol. The molecule has 4 rings (SSSR count). The number of amides is 2. The number of hydrogen-bond donors (Lipinski definition) is 3. The zero-order valence-electron chi connectivity index (χ0n) is 20.2. The predicted octanol–water partition coefficient (Wildman–Crippen LogP) is 5.27. The first-order chi connectivity index (χ1) is 18.6. The second-order valence-electron chi connectivity index (χ2n) is 8.26. The Kier molecular flexibility index (Phi) is 8.27. The first-order valence-electron chi connectivity index (χ1n) is 11.3. The van der Waals surface area contributed by atoms with Crippen LogP contribution in [0.4, 0.5) is 14.5 Å². The van der Waals surface area contributed by atoms with Gasteiger partial charge in [-0.25, -0.2) is 13.6 Å². The molecule has 0 bridgehead atoms. The van der Waals surface area contributed by atoms with Crippen LogP contribution in [0.15, 0.2) is 59.5 Å². The summed E-state index contributed by atoms with van der Waals surface area (Å²) in [7, 11) is 1.40. The zero-order valence-corrected chi connectivity index (χ0v) is 21.9. The summed E-state index contributed by atoms with van der Waals surface area (Å²) in [6, 6.07) is 11.8. The molecule has 0 spiro atoms. The molecular weight excluding hydrogens is 550 g/mol. The van der Waals surface area contributed by atoms with E-state index in [4.69, 9.17) is 22.1 Å². The van der Waals surface area contributed by atoms with E-state index < -0.39 is 29.4 Å². The van der Waals surface area contributed by atoms with Gasteiger partial charge < -0.3 is 20.3 Å². The molecule has 1 saturated heterocycles. The number of thioether (sulfide) groups is 1. The Morgan fingerprint density at radius 1 is 1.10 bits per heavy atom. The molecule has 1 aliphatic rings. The van der Waals surface area contributed by atoms with E-state index in [-0.39, 0.29) is 50.2 Å². The number of benzene rings is 3. The summed E-state index contributed by atoms with van der Waals surface area (Å²) < 4.78 is 32.7. The molecule has 0 radical (unpaired) electrons. The minimum Gasteiger partial charge on any atom is -0.507 e. The highest BCUT2D eigenvalue weighted by molar-refractivity contribution is 8.26. The molecule has 3 aromatic carbocycles. The van der Waals surface area contributed by atoms with E-state index in [2.05, 4.69) is 5.32 Å². The summed E-state index contributed by atoms with van der Waals surface area (Å²) in [6.45, 7) is -0.00868. The molecule has 3 aromatic rings. The summed E-state index contributed by atoms with van der Waals surface area (Å²) in [6.07, 6.45) is 1.33. The number of halogens is 2. The zero-order chi connectivity index (χ0) is 28.3. The summed E-state index contributed by atoms with van der Waals surface area (Å²) in [5, 5.41) is 22.5. The number of thiocarbonyl (C=S) groups is 1. The molecule has 0 saturated carbocycles. The standard InChI is InChI=1S/C27H20F2N2O6S2/c1-37-18-10-16(24(33)19(13-18)15-4-7-20(28)21(29)11-15)12-22-25(34)31(27(38)39-22)9-8-23(32)30-17-5-2-14(3-6-17)26(35)36/h2-7,10-13,33H,8-9H2,1H3,(H,30,32)(H,35,36)/b22-12-. The van der Waals surface area contributed by atoms with Gasteiger partial charge in [0.25, 0.3) is 5.91 Å². The molecule has 39 heavy (non-hydrogen) atoms. The molecule has 200 valence electrons. The minimum absolute atomic E-state index is 0.00868. The van der Waals surface area contributed by atoms with Crippen molar-refractivity contribution in [2.45, 2.75) is 6.42 Å². The van der Waals surface area contributed by atoms with Crippen molar-refractivity contribution in [1.29, 1.82) is 0 Å². The lowest BCUT2D eigenvalue weighted by Gasteiger charge is -2.14. The molecule has 1 heterocycles. The Hall–Kier alpha value is -4.29. The topological polar surface area (TPSA) is 116 Å². The van der Waals surface area contributed by atoms with Gasteiger partial charge in [-0.15, -0.1) is 0 Å². The Morgan fingerprint density at radius 3 is 2.46 bits per heavy atom. The number of carbonyl (C=O) groups excluding carboxylic acids is 2. The largest absolute Gasteiger partial charge is 0.507 e. The molecule has 0 aromatic heterocycles. The lowest BCUT2D eigenvalue weighted by molar-refractivity contribution is -0.122. The number of phenolic OH excluding ortho intramolecular Hbond substituents is 1. The van der Waals surface area contributed by atoms with Crippen LogP contribution in [-0.4, -0.2) is 50.9 Å². The molecule has 1 fully saturated rings. The number of carboxylic acid groups (broad SMARTS) is 1. The number of hydrogen-bond acceptors (Lipinski definition) is 7. The number of carbonyl (C=O) groups is 3. The fourth-order valence-corrected chi connectivity index (χ4v) is 5.01. The van der Waals surface area contributed by atoms with Crippen LogP contribution >= 0.6 is 24.0 Å². The normalized spacial score (nSPS) is 14.1. The number of anilines is 1. The number of nitrogens with one attached hydrogen (secondary N) is 1. The maximum absolute atomic E-state index is 13.8. The van der Waals surface area contributed by atoms with Crippen LogP contribution < -0.4 is 10.1 Å². The van der Waals surface area contributed by atoms with Gasteiger partial charge in [0.2, 0.25) is 5.91 Å². The predicted molar refractivity (Wildman–Crippen MR) is 147 cm³/mol. The molecule has 0 aliphatic carbocycles. The van der Waals surface area contributed by atoms with Gasteiger partial charge in [0.1, 0.15) is 15.8 Å². The average Bonchev–Trinajstić information content (AvgIpc) is 3.17. The van der Waals surface area contributed by atoms with Crippen LogP contribution in [0.1, 0.15) is 22.3 Å². The van der Waals surface area contributed by atoms with Gasteiger partial charge >= 0.3 is 5.97 Å². The third-order valence-corrected chi connectivity index (χ3v) is 7.10. The van der Waals surface area contributed by atoms with E-state index >= 15 is 0 Å². The van der Waals surface area contributed by atoms with Crippen LogP contribution in [0.5, 0.6) is 11.5 Å². The highest BCUT2D eigenvalue weighted by Crippen LogP contribution is 2.40. The molecule has 2 amide bonds. The van der Waals surface area contributed by atoms with E-state index in [1.165, 1.54) is 60.6 Å². The number of aromatic carboxylic acids is 1. The van der Waals surface area contributed by atoms with Crippen molar-refractivity contribution in [2.24, 2.45) is 0 Å². The molecule has 8 nitrogen and oxygen atoms in total. The number of rotatable bonds is 8. The quantitative estimate of drug-likeness (QED) is 0.248. The smallest absolute Gasteiger partial charge is 0.335 e. The number of phenols is 1. The second-order valence-corrected chi connectivity index (χ2v) is 9.93. The van der Waals surface area contributed by atoms with Gasteiger partial charge in [-0.05, 0) is 60.2 Å². The van der Waals surface area contributed by atoms with Crippen molar-refractivity contribution in [1.82, 2.24) is 4.90 Å². The lowest BCUT2D eigenvalue weighted by atomic mass is 10.00. The fourth-order valence-electron chi connectivity index (χ4n) is 3.71. The third-order valence-electron chi connectivity index (χ3n) is 5.72. The van der Waals surface area contributed by atoms with Crippen LogP contribution in [0.3, 0.4) is 0 Å². The van der Waals surface area contributed by atoms with Crippen LogP contribution in [0.2, 0.25) is 0 Å². The summed E-state index contributed by atoms with van der Waals surface area (Å²) in [4.78, 5) is 37.8. The van der Waals surface area contributed by atoms with Crippen molar-refractivity contribution >= 4 is 57.8 Å². The fraction of sp³-hybridized carbons (Fsp3) is 0.111. The summed E-state index contributed by atoms with van der Waals surface area (Å²) >= 11 is 6.30. The molecular formula is C27H20F2N2O6S2. The van der Waals surface area contributed by atoms with Gasteiger partial charge in [-0.2, -0.15) is 0 Å². The first kappa shape index (κ1) is 27.7. The first-order valence-corrected chi connectivity index (χ1v) is 12.5. The van der Waals surface area contributed by atoms with Crippen LogP contribution in [0.25, 0.3) is 17.2 Å². The van der Waals surface area contributed by atoms with Crippen molar-refractivity contribution in [3.8, 4) is 22.6 Å². The van der Waals surface area contributed by atoms with Crippen molar-refractivity contribution < 1.29 is 38.1 Å². The van der Waals surface area contributed by atoms with Gasteiger partial charge in [0.05, 0.1) is 17.6 Å². The van der Waals surface area contributed by atoms with E-state index in [1.54, 1.807) is 0 Å². The Bertz CT molecular complexity index is 1530. The van der Waals surface area contributed by atoms with Gasteiger partial charge in [-0.3, -0.25) is 14.5 Å². The van der Waals surface area contributed by atoms with Crippen LogP contribution in [0, 0.1) is 11.6 Å². The van der Waals surface area contributed by atoms with E-state index in [1.807, 2.05) is 0 Å². The van der Waals surface area contributed by atoms with Crippen molar-refractivity contribution in [3.05, 3.63) is 82.3 Å². The molecule has 3 N–H and O–H groups in total. The SMILES string of the molecule is COc1cc(/C=C2\SC(=S)N(CCC(=O)Nc3ccc(C(=O)O)cc3)C2=O)c(O)c(-c2ccc(F)c(F)c2)c1. The number of aromatic hydroxyl groups is 1. The minimum atomic E-state index is -1.09. The maximum Gasteiger partial charge on any atom is 0.335 e. The Morgan fingerprint density at radius 2 is 1.82 bits per heavy atom. The Labute approximate surface area is 230 Å². The highest BCUT2D eigenvalue weighted by atomic mass is 32.2. The highest BCUT2D eigenvalue weighted by Gasteiger charge is 2.32. The molecule has 0 unspecified atom stereocenters. The van der Waals surface area contributed by atoms with E-state index in [0.717, 1.165) is 23.9 Å². The van der Waals surface area contributed by atoms with Crippen molar-refractivity contribution in [3.63, 3.8) is 0 Å². The third kappa shape index (κ3) is 6.24. The number of nitrogens with zero attached hydrogens (tertiary/aromatic N) is 1. The Balaban J connectivity index is 1.50. The van der Waals surface area contributed by atoms with Crippen molar-refractivity contribution in [2.75, 3.05) is 19.0 Å². The van der Waals surface area contributed by atoms with Gasteiger partial charge in [0, 0.05) is 29.8 Å². The van der Waals surface area contributed by atoms with Crippen LogP contribution in [-0.2, 0) is 9.59 Å². The molecule has 1 aliphatic heterocycles. The number of carboxylic acids is 1. The van der Waals surface area contributed by atoms with Gasteiger partial charge in [0.15, 0.2) is 11.6 Å². The van der Waals surface area contributed by atoms with E-state index in [0.29, 0.717) is 11.4 Å². The molecule has 12 heteroatoms. The maximum atomic E-state index is 13.8. The number of methoxy groups -OCH3 is 1.